The average molecular weight is 542 g/mol. The lowest BCUT2D eigenvalue weighted by molar-refractivity contribution is 0.338. The van der Waals surface area contributed by atoms with E-state index in [1.54, 1.807) is 18.3 Å². The zero-order chi connectivity index (χ0) is 21.3. The van der Waals surface area contributed by atoms with Crippen LogP contribution in [0.4, 0.5) is 0 Å². The van der Waals surface area contributed by atoms with E-state index in [0.29, 0.717) is 34.1 Å². The molecule has 3 aromatic rings. The molecule has 5 nitrogen and oxygen atoms in total. The highest BCUT2D eigenvalue weighted by Gasteiger charge is 2.23. The number of nitrogens with zero attached hydrogens (tertiary/aromatic N) is 3. The summed E-state index contributed by atoms with van der Waals surface area (Å²) >= 11 is 13.2. The van der Waals surface area contributed by atoms with Gasteiger partial charge in [-0.1, -0.05) is 48.3 Å². The van der Waals surface area contributed by atoms with E-state index in [4.69, 9.17) is 21.3 Å². The largest absolute Gasteiger partial charge is 0.491 e. The second kappa shape index (κ2) is 8.58. The smallest absolute Gasteiger partial charge is 0.282 e. The summed E-state index contributed by atoms with van der Waals surface area (Å²) in [4.78, 5) is 17.9. The van der Waals surface area contributed by atoms with E-state index in [-0.39, 0.29) is 11.0 Å². The van der Waals surface area contributed by atoms with Gasteiger partial charge in [-0.05, 0) is 58.7 Å². The van der Waals surface area contributed by atoms with Crippen LogP contribution >= 0.6 is 43.5 Å². The van der Waals surface area contributed by atoms with E-state index in [2.05, 4.69) is 37.0 Å². The molecule has 1 aromatic heterocycles. The molecule has 0 bridgehead atoms. The highest BCUT2D eigenvalue weighted by molar-refractivity contribution is 9.10. The van der Waals surface area contributed by atoms with Gasteiger partial charge in [0, 0.05) is 9.89 Å². The monoisotopic (exact) mass is 539 g/mol. The number of halogens is 3. The van der Waals surface area contributed by atoms with Crippen LogP contribution in [0, 0.1) is 0 Å². The van der Waals surface area contributed by atoms with Crippen LogP contribution < -0.4 is 10.3 Å². The van der Waals surface area contributed by atoms with Gasteiger partial charge in [0.05, 0.1) is 33.2 Å². The topological polar surface area (TPSA) is 56.5 Å². The second-order valence-electron chi connectivity index (χ2n) is 7.46. The molecule has 3 rings (SSSR count). The second-order valence-corrected chi connectivity index (χ2v) is 9.63. The van der Waals surface area contributed by atoms with E-state index in [9.17, 15) is 4.79 Å². The van der Waals surface area contributed by atoms with Crippen LogP contribution in [-0.2, 0) is 5.41 Å². The molecule has 0 unspecified atom stereocenters. The van der Waals surface area contributed by atoms with Crippen LogP contribution in [0.25, 0.3) is 10.9 Å². The Morgan fingerprint density at radius 3 is 2.59 bits per heavy atom. The molecule has 0 saturated carbocycles. The first-order valence-electron chi connectivity index (χ1n) is 9.01. The van der Waals surface area contributed by atoms with Gasteiger partial charge in [0.2, 0.25) is 0 Å². The van der Waals surface area contributed by atoms with E-state index in [1.807, 2.05) is 45.9 Å². The van der Waals surface area contributed by atoms with Crippen molar-refractivity contribution in [2.45, 2.75) is 33.1 Å². The molecule has 0 radical (unpaired) electrons. The molecule has 0 aliphatic carbocycles. The van der Waals surface area contributed by atoms with Crippen molar-refractivity contribution in [1.82, 2.24) is 9.66 Å². The summed E-state index contributed by atoms with van der Waals surface area (Å²) in [6.45, 7) is 8.39. The fourth-order valence-corrected chi connectivity index (χ4v) is 4.15. The molecule has 0 saturated heterocycles. The summed E-state index contributed by atoms with van der Waals surface area (Å²) in [6.07, 6.45) is 1.59. The molecule has 0 fully saturated rings. The van der Waals surface area contributed by atoms with Crippen LogP contribution in [-0.4, -0.2) is 22.5 Å². The Morgan fingerprint density at radius 2 is 1.97 bits per heavy atom. The number of hydrogen-bond acceptors (Lipinski definition) is 4. The Kier molecular flexibility index (Phi) is 6.51. The molecule has 0 N–H and O–H groups in total. The number of hydrogen-bond donors (Lipinski definition) is 0. The maximum absolute atomic E-state index is 13.2. The third-order valence-corrected chi connectivity index (χ3v) is 5.47. The van der Waals surface area contributed by atoms with Crippen LogP contribution in [0.5, 0.6) is 5.75 Å². The third kappa shape index (κ3) is 4.73. The molecule has 2 aromatic carbocycles. The van der Waals surface area contributed by atoms with Gasteiger partial charge in [0.1, 0.15) is 5.82 Å². The SMILES string of the molecule is CCOc1c(Cl)cc(C=Nn2c(C(C)(C)C)nc3ccc(Br)cc3c2=O)cc1Br. The van der Waals surface area contributed by atoms with E-state index in [1.165, 1.54) is 4.68 Å². The molecule has 8 heteroatoms. The van der Waals surface area contributed by atoms with Gasteiger partial charge in [-0.2, -0.15) is 9.78 Å². The number of fused-ring (bicyclic) bond motifs is 1. The van der Waals surface area contributed by atoms with Crippen molar-refractivity contribution in [3.63, 3.8) is 0 Å². The molecular formula is C21H20Br2ClN3O2. The van der Waals surface area contributed by atoms with Gasteiger partial charge in [0.15, 0.2) is 5.75 Å². The van der Waals surface area contributed by atoms with Crippen LogP contribution in [0.1, 0.15) is 39.1 Å². The number of ether oxygens (including phenoxy) is 1. The summed E-state index contributed by atoms with van der Waals surface area (Å²) in [5.41, 5.74) is 0.760. The maximum Gasteiger partial charge on any atom is 0.282 e. The molecule has 0 spiro atoms. The first kappa shape index (κ1) is 22.0. The van der Waals surface area contributed by atoms with Crippen LogP contribution in [0.15, 0.2) is 49.2 Å². The summed E-state index contributed by atoms with van der Waals surface area (Å²) < 4.78 is 8.42. The first-order chi connectivity index (χ1) is 13.6. The Morgan fingerprint density at radius 1 is 1.24 bits per heavy atom. The molecule has 0 aliphatic rings. The van der Waals surface area contributed by atoms with Crippen molar-refractivity contribution < 1.29 is 4.74 Å². The minimum Gasteiger partial charge on any atom is -0.491 e. The average Bonchev–Trinajstić information content (AvgIpc) is 2.63. The van der Waals surface area contributed by atoms with Gasteiger partial charge in [-0.25, -0.2) is 4.98 Å². The minimum atomic E-state index is -0.380. The molecule has 1 heterocycles. The van der Waals surface area contributed by atoms with Crippen molar-refractivity contribution in [1.29, 1.82) is 0 Å². The highest BCUT2D eigenvalue weighted by atomic mass is 79.9. The van der Waals surface area contributed by atoms with Crippen molar-refractivity contribution in [3.8, 4) is 5.75 Å². The summed E-state index contributed by atoms with van der Waals surface area (Å²) in [5, 5.41) is 5.42. The van der Waals surface area contributed by atoms with Gasteiger partial charge in [-0.15, -0.1) is 0 Å². The third-order valence-electron chi connectivity index (χ3n) is 4.11. The first-order valence-corrected chi connectivity index (χ1v) is 11.0. The Labute approximate surface area is 191 Å². The van der Waals surface area contributed by atoms with Crippen molar-refractivity contribution in [2.75, 3.05) is 6.61 Å². The van der Waals surface area contributed by atoms with Crippen molar-refractivity contribution in [2.24, 2.45) is 5.10 Å². The standard InChI is InChI=1S/C21H20Br2ClN3O2/c1-5-29-18-15(23)8-12(9-16(18)24)11-25-27-19(28)14-10-13(22)6-7-17(14)26-20(27)21(2,3)4/h6-11H,5H2,1-4H3. The normalized spacial score (nSPS) is 12.1. The minimum absolute atomic E-state index is 0.228. The lowest BCUT2D eigenvalue weighted by Gasteiger charge is -2.20. The summed E-state index contributed by atoms with van der Waals surface area (Å²) in [6, 6.07) is 9.04. The molecule has 0 amide bonds. The summed E-state index contributed by atoms with van der Waals surface area (Å²) in [7, 11) is 0. The quantitative estimate of drug-likeness (QED) is 0.372. The van der Waals surface area contributed by atoms with Gasteiger partial charge < -0.3 is 4.74 Å². The Hall–Kier alpha value is -1.70. The zero-order valence-corrected chi connectivity index (χ0v) is 20.4. The maximum atomic E-state index is 13.2. The van der Waals surface area contributed by atoms with Crippen molar-refractivity contribution in [3.05, 3.63) is 66.0 Å². The zero-order valence-electron chi connectivity index (χ0n) is 16.5. The van der Waals surface area contributed by atoms with Gasteiger partial charge in [-0.3, -0.25) is 4.79 Å². The van der Waals surface area contributed by atoms with E-state index in [0.717, 1.165) is 14.5 Å². The summed E-state index contributed by atoms with van der Waals surface area (Å²) in [5.74, 6) is 1.15. The fourth-order valence-electron chi connectivity index (χ4n) is 2.80. The van der Waals surface area contributed by atoms with E-state index < -0.39 is 0 Å². The van der Waals surface area contributed by atoms with E-state index >= 15 is 0 Å². The molecular weight excluding hydrogens is 522 g/mol. The predicted octanol–water partition coefficient (Wildman–Crippen LogP) is 6.15. The lowest BCUT2D eigenvalue weighted by atomic mass is 9.95. The Balaban J connectivity index is 2.16. The van der Waals surface area contributed by atoms with Gasteiger partial charge in [0.25, 0.3) is 5.56 Å². The molecule has 152 valence electrons. The molecule has 0 atom stereocenters. The lowest BCUT2D eigenvalue weighted by Crippen LogP contribution is -2.29. The molecule has 0 aliphatic heterocycles. The Bertz CT molecular complexity index is 1140. The molecule has 29 heavy (non-hydrogen) atoms. The number of rotatable bonds is 4. The number of benzene rings is 2. The van der Waals surface area contributed by atoms with Crippen molar-refractivity contribution >= 4 is 60.6 Å². The highest BCUT2D eigenvalue weighted by Crippen LogP contribution is 2.34. The fraction of sp³-hybridized carbons (Fsp3) is 0.286. The number of aromatic nitrogens is 2. The van der Waals surface area contributed by atoms with Gasteiger partial charge >= 0.3 is 0 Å². The van der Waals surface area contributed by atoms with Crippen LogP contribution in [0.2, 0.25) is 5.02 Å². The van der Waals surface area contributed by atoms with Crippen LogP contribution in [0.3, 0.4) is 0 Å². The predicted molar refractivity (Wildman–Crippen MR) is 126 cm³/mol.